The molecule has 0 unspecified atom stereocenters. The van der Waals surface area contributed by atoms with Crippen LogP contribution in [0.15, 0.2) is 36.4 Å². The Balaban J connectivity index is 2.07. The lowest BCUT2D eigenvalue weighted by molar-refractivity contribution is -0.138. The first kappa shape index (κ1) is 19.5. The Kier molecular flexibility index (Phi) is 4.65. The molecular formula is C16H10F7N5. The van der Waals surface area contributed by atoms with Crippen molar-refractivity contribution in [1.82, 2.24) is 15.2 Å². The Labute approximate surface area is 152 Å². The van der Waals surface area contributed by atoms with E-state index in [1.807, 2.05) is 0 Å². The first-order valence-electron chi connectivity index (χ1n) is 7.48. The largest absolute Gasteiger partial charge is 0.417 e. The molecule has 12 heteroatoms. The number of hydrogen-bond acceptors (Lipinski definition) is 4. The van der Waals surface area contributed by atoms with Crippen LogP contribution < -0.4 is 11.1 Å². The minimum atomic E-state index is -4.98. The molecule has 5 nitrogen and oxygen atoms in total. The van der Waals surface area contributed by atoms with Crippen LogP contribution >= 0.6 is 0 Å². The average molecular weight is 405 g/mol. The standard InChI is InChI=1S/C16H10F7N5/c17-11-6-9(25-14-26-13(24)27-28-14)5-10(16(21,22)23)12(11)7-1-3-8(4-2-7)15(18,19)20/h1-6H,(H4,24,25,26,27,28). The fraction of sp³-hybridized carbons (Fsp3) is 0.125. The summed E-state index contributed by atoms with van der Waals surface area (Å²) >= 11 is 0. The number of anilines is 3. The molecule has 0 saturated carbocycles. The number of nitrogens with two attached hydrogens (primary N) is 1. The number of nitrogens with one attached hydrogen (secondary N) is 2. The molecule has 1 aromatic heterocycles. The van der Waals surface area contributed by atoms with Crippen molar-refractivity contribution in [3.8, 4) is 11.1 Å². The minimum absolute atomic E-state index is 0.111. The predicted octanol–water partition coefficient (Wildman–Crippen LogP) is 4.97. The van der Waals surface area contributed by atoms with E-state index in [9.17, 15) is 30.7 Å². The maximum Gasteiger partial charge on any atom is 0.417 e. The summed E-state index contributed by atoms with van der Waals surface area (Å²) in [6.07, 6.45) is -9.65. The fourth-order valence-electron chi connectivity index (χ4n) is 2.48. The van der Waals surface area contributed by atoms with Gasteiger partial charge in [-0.15, -0.1) is 5.10 Å². The lowest BCUT2D eigenvalue weighted by atomic mass is 9.96. The zero-order chi connectivity index (χ0) is 20.7. The van der Waals surface area contributed by atoms with Gasteiger partial charge in [0.1, 0.15) is 5.82 Å². The van der Waals surface area contributed by atoms with Crippen molar-refractivity contribution in [2.45, 2.75) is 12.4 Å². The van der Waals surface area contributed by atoms with E-state index in [0.717, 1.165) is 18.2 Å². The number of benzene rings is 2. The van der Waals surface area contributed by atoms with Crippen LogP contribution in [0.5, 0.6) is 0 Å². The van der Waals surface area contributed by atoms with Crippen LogP contribution in [0, 0.1) is 5.82 Å². The van der Waals surface area contributed by atoms with Gasteiger partial charge in [-0.3, -0.25) is 0 Å². The second kappa shape index (κ2) is 6.69. The van der Waals surface area contributed by atoms with Gasteiger partial charge in [0.2, 0.25) is 11.9 Å². The maximum absolute atomic E-state index is 14.5. The Morgan fingerprint density at radius 3 is 2.07 bits per heavy atom. The third kappa shape index (κ3) is 4.00. The summed E-state index contributed by atoms with van der Waals surface area (Å²) in [6, 6.07) is 4.06. The van der Waals surface area contributed by atoms with Crippen molar-refractivity contribution < 1.29 is 30.7 Å². The molecule has 2 aromatic carbocycles. The zero-order valence-electron chi connectivity index (χ0n) is 13.6. The third-order valence-corrected chi connectivity index (χ3v) is 3.66. The van der Waals surface area contributed by atoms with Gasteiger partial charge in [0, 0.05) is 11.3 Å². The summed E-state index contributed by atoms with van der Waals surface area (Å²) in [5.74, 6) is -1.59. The molecule has 0 aliphatic heterocycles. The van der Waals surface area contributed by atoms with Crippen molar-refractivity contribution in [1.29, 1.82) is 0 Å². The maximum atomic E-state index is 14.5. The zero-order valence-corrected chi connectivity index (χ0v) is 13.6. The normalized spacial score (nSPS) is 12.2. The number of aromatic nitrogens is 3. The van der Waals surface area contributed by atoms with Gasteiger partial charge >= 0.3 is 12.4 Å². The second-order valence-corrected chi connectivity index (χ2v) is 5.62. The van der Waals surface area contributed by atoms with E-state index >= 15 is 0 Å². The smallest absolute Gasteiger partial charge is 0.368 e. The molecule has 0 saturated heterocycles. The average Bonchev–Trinajstić information content (AvgIpc) is 2.98. The predicted molar refractivity (Wildman–Crippen MR) is 85.9 cm³/mol. The Bertz CT molecular complexity index is 990. The highest BCUT2D eigenvalue weighted by Crippen LogP contribution is 2.41. The number of aromatic amines is 1. The molecule has 4 N–H and O–H groups in total. The molecule has 0 fully saturated rings. The van der Waals surface area contributed by atoms with Crippen molar-refractivity contribution >= 4 is 17.6 Å². The summed E-state index contributed by atoms with van der Waals surface area (Å²) < 4.78 is 92.9. The quantitative estimate of drug-likeness (QED) is 0.538. The fourth-order valence-corrected chi connectivity index (χ4v) is 2.48. The SMILES string of the molecule is Nc1nc(Nc2cc(F)c(-c3ccc(C(F)(F)F)cc3)c(C(F)(F)F)c2)n[nH]1. The summed E-state index contributed by atoms with van der Waals surface area (Å²) in [5.41, 5.74) is 1.31. The molecule has 0 bridgehead atoms. The Morgan fingerprint density at radius 2 is 1.57 bits per heavy atom. The van der Waals surface area contributed by atoms with Crippen LogP contribution in [0.3, 0.4) is 0 Å². The number of halogens is 7. The topological polar surface area (TPSA) is 79.6 Å². The van der Waals surface area contributed by atoms with Crippen LogP contribution in [0.2, 0.25) is 0 Å². The monoisotopic (exact) mass is 405 g/mol. The number of H-pyrrole nitrogens is 1. The summed E-state index contributed by atoms with van der Waals surface area (Å²) in [4.78, 5) is 3.63. The molecule has 0 aliphatic rings. The van der Waals surface area contributed by atoms with Crippen LogP contribution in [0.25, 0.3) is 11.1 Å². The number of nitrogen functional groups attached to an aromatic ring is 1. The first-order valence-corrected chi connectivity index (χ1v) is 7.48. The van der Waals surface area contributed by atoms with E-state index in [0.29, 0.717) is 18.2 Å². The molecule has 0 aliphatic carbocycles. The van der Waals surface area contributed by atoms with Gasteiger partial charge in [-0.2, -0.15) is 31.3 Å². The number of alkyl halides is 6. The van der Waals surface area contributed by atoms with Crippen LogP contribution in [-0.2, 0) is 12.4 Å². The van der Waals surface area contributed by atoms with Crippen LogP contribution in [0.4, 0.5) is 48.3 Å². The van der Waals surface area contributed by atoms with Gasteiger partial charge in [-0.1, -0.05) is 12.1 Å². The van der Waals surface area contributed by atoms with Gasteiger partial charge in [0.15, 0.2) is 0 Å². The summed E-state index contributed by atoms with van der Waals surface area (Å²) in [7, 11) is 0. The lowest BCUT2D eigenvalue weighted by Gasteiger charge is -2.16. The highest BCUT2D eigenvalue weighted by Gasteiger charge is 2.36. The van der Waals surface area contributed by atoms with Gasteiger partial charge in [0.25, 0.3) is 0 Å². The van der Waals surface area contributed by atoms with Crippen LogP contribution in [-0.4, -0.2) is 15.2 Å². The number of nitrogens with zero attached hydrogens (tertiary/aromatic N) is 2. The molecule has 3 aromatic rings. The van der Waals surface area contributed by atoms with E-state index < -0.39 is 34.9 Å². The summed E-state index contributed by atoms with van der Waals surface area (Å²) in [6.45, 7) is 0. The van der Waals surface area contributed by atoms with E-state index in [2.05, 4.69) is 20.5 Å². The van der Waals surface area contributed by atoms with E-state index in [1.54, 1.807) is 0 Å². The van der Waals surface area contributed by atoms with Gasteiger partial charge in [0.05, 0.1) is 11.1 Å². The lowest BCUT2D eigenvalue weighted by Crippen LogP contribution is -2.10. The Morgan fingerprint density at radius 1 is 0.929 bits per heavy atom. The molecule has 148 valence electrons. The molecule has 0 amide bonds. The highest BCUT2D eigenvalue weighted by molar-refractivity contribution is 5.73. The first-order chi connectivity index (χ1) is 12.9. The van der Waals surface area contributed by atoms with Gasteiger partial charge in [-0.05, 0) is 29.8 Å². The minimum Gasteiger partial charge on any atom is -0.368 e. The van der Waals surface area contributed by atoms with E-state index in [4.69, 9.17) is 5.73 Å². The molecular weight excluding hydrogens is 395 g/mol. The second-order valence-electron chi connectivity index (χ2n) is 5.62. The third-order valence-electron chi connectivity index (χ3n) is 3.66. The molecule has 3 rings (SSSR count). The number of rotatable bonds is 3. The summed E-state index contributed by atoms with van der Waals surface area (Å²) in [5, 5.41) is 8.18. The molecule has 1 heterocycles. The van der Waals surface area contributed by atoms with Gasteiger partial charge in [-0.25, -0.2) is 9.49 Å². The molecule has 0 atom stereocenters. The van der Waals surface area contributed by atoms with E-state index in [1.165, 1.54) is 0 Å². The van der Waals surface area contributed by atoms with Crippen molar-refractivity contribution in [3.63, 3.8) is 0 Å². The van der Waals surface area contributed by atoms with Crippen LogP contribution in [0.1, 0.15) is 11.1 Å². The van der Waals surface area contributed by atoms with Crippen molar-refractivity contribution in [2.24, 2.45) is 0 Å². The van der Waals surface area contributed by atoms with E-state index in [-0.39, 0.29) is 23.1 Å². The van der Waals surface area contributed by atoms with Crippen molar-refractivity contribution in [2.75, 3.05) is 11.1 Å². The number of hydrogen-bond donors (Lipinski definition) is 3. The molecule has 0 radical (unpaired) electrons. The highest BCUT2D eigenvalue weighted by atomic mass is 19.4. The van der Waals surface area contributed by atoms with Gasteiger partial charge < -0.3 is 11.1 Å². The Hall–Kier alpha value is -3.31. The van der Waals surface area contributed by atoms with Crippen molar-refractivity contribution in [3.05, 3.63) is 53.3 Å². The molecule has 0 spiro atoms. The molecule has 28 heavy (non-hydrogen) atoms.